The average molecular weight is 343 g/mol. The smallest absolute Gasteiger partial charge is 0.0161 e. The molecule has 0 N–H and O–H groups in total. The molecule has 0 aliphatic carbocycles. The Bertz CT molecular complexity index is 637. The first-order chi connectivity index (χ1) is 11.0. The first kappa shape index (κ1) is 18.2. The molecule has 0 nitrogen and oxygen atoms in total. The van der Waals surface area contributed by atoms with Gasteiger partial charge in [0.2, 0.25) is 0 Å². The summed E-state index contributed by atoms with van der Waals surface area (Å²) in [6.07, 6.45) is 4.54. The maximum Gasteiger partial charge on any atom is 0.0161 e. The predicted octanol–water partition coefficient (Wildman–Crippen LogP) is 6.73. The van der Waals surface area contributed by atoms with Crippen molar-refractivity contribution < 1.29 is 0 Å². The molecule has 0 radical (unpaired) electrons. The largest absolute Gasteiger partial charge is 0.122 e. The van der Waals surface area contributed by atoms with Gasteiger partial charge in [0.1, 0.15) is 0 Å². The van der Waals surface area contributed by atoms with Gasteiger partial charge in [-0.1, -0.05) is 63.3 Å². The number of hydrogen-bond acceptors (Lipinski definition) is 2. The second kappa shape index (κ2) is 8.65. The summed E-state index contributed by atoms with van der Waals surface area (Å²) in [4.78, 5) is 2.72. The van der Waals surface area contributed by atoms with Gasteiger partial charge in [-0.05, 0) is 41.7 Å². The minimum atomic E-state index is 0.225. The zero-order valence-electron chi connectivity index (χ0n) is 14.5. The number of hydrogen-bond donors (Lipinski definition) is 0. The monoisotopic (exact) mass is 342 g/mol. The minimum absolute atomic E-state index is 0.225. The van der Waals surface area contributed by atoms with Crippen LogP contribution in [0.4, 0.5) is 0 Å². The lowest BCUT2D eigenvalue weighted by Gasteiger charge is -2.20. The average Bonchev–Trinajstić information content (AvgIpc) is 2.52. The predicted molar refractivity (Wildman–Crippen MR) is 107 cm³/mol. The summed E-state index contributed by atoms with van der Waals surface area (Å²) in [5.41, 5.74) is 3.02. The molecule has 0 atom stereocenters. The van der Waals surface area contributed by atoms with Crippen molar-refractivity contribution in [2.75, 3.05) is 11.5 Å². The minimum Gasteiger partial charge on any atom is -0.122 e. The van der Waals surface area contributed by atoms with E-state index in [2.05, 4.69) is 88.4 Å². The molecule has 2 aromatic rings. The van der Waals surface area contributed by atoms with E-state index in [0.717, 1.165) is 11.5 Å². The van der Waals surface area contributed by atoms with Gasteiger partial charge in [-0.3, -0.25) is 0 Å². The maximum atomic E-state index is 2.33. The van der Waals surface area contributed by atoms with Crippen molar-refractivity contribution in [3.63, 3.8) is 0 Å². The Hall–Kier alpha value is -1.12. The van der Waals surface area contributed by atoms with Crippen molar-refractivity contribution in [3.05, 3.63) is 71.8 Å². The molecule has 0 aliphatic rings. The van der Waals surface area contributed by atoms with Crippen LogP contribution in [0.3, 0.4) is 0 Å². The highest BCUT2D eigenvalue weighted by molar-refractivity contribution is 7.99. The molecule has 0 spiro atoms. The number of aryl methyl sites for hydroxylation is 1. The molecule has 0 unspecified atom stereocenters. The number of benzene rings is 2. The second-order valence-electron chi connectivity index (χ2n) is 6.64. The van der Waals surface area contributed by atoms with Crippen LogP contribution in [0, 0.1) is 6.92 Å². The van der Waals surface area contributed by atoms with Gasteiger partial charge >= 0.3 is 0 Å². The summed E-state index contributed by atoms with van der Waals surface area (Å²) in [7, 11) is 0. The lowest BCUT2D eigenvalue weighted by atomic mass is 9.86. The molecule has 122 valence electrons. The zero-order valence-corrected chi connectivity index (χ0v) is 16.1. The summed E-state index contributed by atoms with van der Waals surface area (Å²) in [6.45, 7) is 9.01. The van der Waals surface area contributed by atoms with Crippen LogP contribution >= 0.6 is 23.5 Å². The molecular weight excluding hydrogens is 316 g/mol. The Morgan fingerprint density at radius 1 is 0.870 bits per heavy atom. The molecule has 2 heteroatoms. The first-order valence-electron chi connectivity index (χ1n) is 8.03. The lowest BCUT2D eigenvalue weighted by Crippen LogP contribution is -2.11. The van der Waals surface area contributed by atoms with Gasteiger partial charge in [-0.15, -0.1) is 23.5 Å². The molecule has 2 rings (SSSR count). The van der Waals surface area contributed by atoms with E-state index < -0.39 is 0 Å². The van der Waals surface area contributed by atoms with Crippen LogP contribution in [0.25, 0.3) is 0 Å². The van der Waals surface area contributed by atoms with Gasteiger partial charge in [-0.25, -0.2) is 0 Å². The fraction of sp³-hybridized carbons (Fsp3) is 0.333. The SMILES string of the molecule is Cc1cc(C(C)(C)C)ccc1SC/C=C/CSc1ccccc1. The highest BCUT2D eigenvalue weighted by Gasteiger charge is 2.14. The van der Waals surface area contributed by atoms with E-state index in [0.29, 0.717) is 0 Å². The third-order valence-electron chi connectivity index (χ3n) is 3.63. The quantitative estimate of drug-likeness (QED) is 0.421. The van der Waals surface area contributed by atoms with Gasteiger partial charge in [-0.2, -0.15) is 0 Å². The number of thioether (sulfide) groups is 2. The Balaban J connectivity index is 1.79. The zero-order chi connectivity index (χ0) is 16.7. The van der Waals surface area contributed by atoms with E-state index in [-0.39, 0.29) is 5.41 Å². The Kier molecular flexibility index (Phi) is 6.86. The normalized spacial score (nSPS) is 12.0. The lowest BCUT2D eigenvalue weighted by molar-refractivity contribution is 0.589. The maximum absolute atomic E-state index is 2.33. The molecule has 0 bridgehead atoms. The van der Waals surface area contributed by atoms with E-state index >= 15 is 0 Å². The van der Waals surface area contributed by atoms with Crippen molar-refractivity contribution in [1.29, 1.82) is 0 Å². The molecule has 0 amide bonds. The van der Waals surface area contributed by atoms with Crippen LogP contribution in [0.5, 0.6) is 0 Å². The molecule has 0 saturated heterocycles. The molecule has 0 saturated carbocycles. The molecule has 23 heavy (non-hydrogen) atoms. The van der Waals surface area contributed by atoms with Crippen LogP contribution in [0.15, 0.2) is 70.5 Å². The van der Waals surface area contributed by atoms with Crippen molar-refractivity contribution in [2.45, 2.75) is 42.9 Å². The van der Waals surface area contributed by atoms with E-state index in [4.69, 9.17) is 0 Å². The van der Waals surface area contributed by atoms with Crippen LogP contribution in [-0.2, 0) is 5.41 Å². The molecule has 0 aliphatic heterocycles. The van der Waals surface area contributed by atoms with Crippen LogP contribution < -0.4 is 0 Å². The van der Waals surface area contributed by atoms with E-state index in [1.54, 1.807) is 0 Å². The second-order valence-corrected chi connectivity index (χ2v) is 8.79. The summed E-state index contributed by atoms with van der Waals surface area (Å²) >= 11 is 3.79. The van der Waals surface area contributed by atoms with Crippen molar-refractivity contribution in [3.8, 4) is 0 Å². The highest BCUT2D eigenvalue weighted by atomic mass is 32.2. The third kappa shape index (κ3) is 6.12. The van der Waals surface area contributed by atoms with Crippen molar-refractivity contribution >= 4 is 23.5 Å². The van der Waals surface area contributed by atoms with Crippen LogP contribution in [0.2, 0.25) is 0 Å². The van der Waals surface area contributed by atoms with Crippen molar-refractivity contribution in [1.82, 2.24) is 0 Å². The van der Waals surface area contributed by atoms with Crippen molar-refractivity contribution in [2.24, 2.45) is 0 Å². The van der Waals surface area contributed by atoms with Gasteiger partial charge in [0, 0.05) is 21.3 Å². The topological polar surface area (TPSA) is 0 Å². The summed E-state index contributed by atoms with van der Waals surface area (Å²) in [6, 6.07) is 17.4. The van der Waals surface area contributed by atoms with Gasteiger partial charge in [0.15, 0.2) is 0 Å². The Morgan fingerprint density at radius 2 is 1.52 bits per heavy atom. The van der Waals surface area contributed by atoms with Crippen LogP contribution in [0.1, 0.15) is 31.9 Å². The van der Waals surface area contributed by atoms with E-state index in [1.165, 1.54) is 20.9 Å². The molecule has 0 aromatic heterocycles. The standard InChI is InChI=1S/C21H26S2/c1-17-16-18(21(2,3)4)12-13-20(17)23-15-9-8-14-22-19-10-6-5-7-11-19/h5-13,16H,14-15H2,1-4H3/b9-8+. The molecular formula is C21H26S2. The Morgan fingerprint density at radius 3 is 2.13 bits per heavy atom. The van der Waals surface area contributed by atoms with Gasteiger partial charge in [0.05, 0.1) is 0 Å². The van der Waals surface area contributed by atoms with E-state index in [1.807, 2.05) is 23.5 Å². The molecule has 0 fully saturated rings. The third-order valence-corrected chi connectivity index (χ3v) is 5.72. The highest BCUT2D eigenvalue weighted by Crippen LogP contribution is 2.29. The van der Waals surface area contributed by atoms with Crippen LogP contribution in [-0.4, -0.2) is 11.5 Å². The fourth-order valence-electron chi connectivity index (χ4n) is 2.21. The Labute approximate surface area is 149 Å². The first-order valence-corrected chi connectivity index (χ1v) is 10.0. The van der Waals surface area contributed by atoms with Gasteiger partial charge in [0.25, 0.3) is 0 Å². The number of rotatable bonds is 6. The van der Waals surface area contributed by atoms with E-state index in [9.17, 15) is 0 Å². The summed E-state index contributed by atoms with van der Waals surface area (Å²) in [5.74, 6) is 2.07. The molecule has 0 heterocycles. The molecule has 2 aromatic carbocycles. The summed E-state index contributed by atoms with van der Waals surface area (Å²) < 4.78 is 0. The summed E-state index contributed by atoms with van der Waals surface area (Å²) in [5, 5.41) is 0. The fourth-order valence-corrected chi connectivity index (χ4v) is 3.85. The van der Waals surface area contributed by atoms with Gasteiger partial charge < -0.3 is 0 Å².